The van der Waals surface area contributed by atoms with Crippen molar-refractivity contribution < 1.29 is 9.90 Å². The number of piperidine rings is 1. The third-order valence-corrected chi connectivity index (χ3v) is 4.69. The van der Waals surface area contributed by atoms with Crippen LogP contribution in [0.15, 0.2) is 36.9 Å². The first-order valence-electron chi connectivity index (χ1n) is 7.70. The Balaban J connectivity index is 1.80. The molecule has 2 rings (SSSR count). The lowest BCUT2D eigenvalue weighted by molar-refractivity contribution is 0.0956. The summed E-state index contributed by atoms with van der Waals surface area (Å²) in [5.41, 5.74) is 1.81. The highest BCUT2D eigenvalue weighted by atomic mass is 32.2. The van der Waals surface area contributed by atoms with Crippen molar-refractivity contribution in [3.05, 3.63) is 42.5 Å². The van der Waals surface area contributed by atoms with Gasteiger partial charge in [0, 0.05) is 42.4 Å². The van der Waals surface area contributed by atoms with Crippen molar-refractivity contribution in [1.82, 2.24) is 5.32 Å². The SMILES string of the molecule is C=CCSCCNC(=O)c1ccc(N2CCC(O)CC2)cc1. The van der Waals surface area contributed by atoms with Gasteiger partial charge >= 0.3 is 0 Å². The van der Waals surface area contributed by atoms with E-state index >= 15 is 0 Å². The molecule has 1 fully saturated rings. The minimum absolute atomic E-state index is 0.0279. The molecule has 120 valence electrons. The normalized spacial score (nSPS) is 15.6. The number of amides is 1. The van der Waals surface area contributed by atoms with Crippen molar-refractivity contribution in [3.63, 3.8) is 0 Å². The number of thioether (sulfide) groups is 1. The van der Waals surface area contributed by atoms with Gasteiger partial charge in [0.05, 0.1) is 6.10 Å². The summed E-state index contributed by atoms with van der Waals surface area (Å²) < 4.78 is 0. The fourth-order valence-electron chi connectivity index (χ4n) is 2.45. The largest absolute Gasteiger partial charge is 0.393 e. The predicted octanol–water partition coefficient (Wildman–Crippen LogP) is 2.30. The minimum atomic E-state index is -0.166. The van der Waals surface area contributed by atoms with E-state index in [2.05, 4.69) is 16.8 Å². The van der Waals surface area contributed by atoms with Crippen LogP contribution >= 0.6 is 11.8 Å². The van der Waals surface area contributed by atoms with Gasteiger partial charge in [0.25, 0.3) is 5.91 Å². The zero-order valence-corrected chi connectivity index (χ0v) is 13.6. The molecule has 4 nitrogen and oxygen atoms in total. The number of aliphatic hydroxyl groups is 1. The van der Waals surface area contributed by atoms with Crippen molar-refractivity contribution >= 4 is 23.4 Å². The molecule has 0 radical (unpaired) electrons. The van der Waals surface area contributed by atoms with Crippen LogP contribution in [0.3, 0.4) is 0 Å². The number of benzene rings is 1. The van der Waals surface area contributed by atoms with E-state index < -0.39 is 0 Å². The number of carbonyl (C=O) groups is 1. The quantitative estimate of drug-likeness (QED) is 0.598. The standard InChI is InChI=1S/C17H24N2O2S/c1-2-12-22-13-9-18-17(21)14-3-5-15(6-4-14)19-10-7-16(20)8-11-19/h2-6,16,20H,1,7-13H2,(H,18,21). The van der Waals surface area contributed by atoms with Gasteiger partial charge in [0.1, 0.15) is 0 Å². The molecule has 0 saturated carbocycles. The van der Waals surface area contributed by atoms with Gasteiger partial charge in [0.15, 0.2) is 0 Å². The second kappa shape index (κ2) is 8.86. The Morgan fingerprint density at radius 2 is 2.05 bits per heavy atom. The summed E-state index contributed by atoms with van der Waals surface area (Å²) in [6.45, 7) is 6.07. The van der Waals surface area contributed by atoms with Gasteiger partial charge in [-0.3, -0.25) is 4.79 Å². The van der Waals surface area contributed by atoms with E-state index in [0.29, 0.717) is 12.1 Å². The molecule has 1 aliphatic rings. The molecule has 1 saturated heterocycles. The average molecular weight is 320 g/mol. The molecule has 5 heteroatoms. The molecule has 0 aliphatic carbocycles. The van der Waals surface area contributed by atoms with Gasteiger partial charge < -0.3 is 15.3 Å². The Labute approximate surface area is 136 Å². The smallest absolute Gasteiger partial charge is 0.251 e. The summed E-state index contributed by atoms with van der Waals surface area (Å²) in [6, 6.07) is 7.71. The fraction of sp³-hybridized carbons (Fsp3) is 0.471. The van der Waals surface area contributed by atoms with Gasteiger partial charge in [0.2, 0.25) is 0 Å². The van der Waals surface area contributed by atoms with Crippen LogP contribution in [-0.4, -0.2) is 48.3 Å². The number of aliphatic hydroxyl groups excluding tert-OH is 1. The summed E-state index contributed by atoms with van der Waals surface area (Å²) in [7, 11) is 0. The highest BCUT2D eigenvalue weighted by Gasteiger charge is 2.17. The van der Waals surface area contributed by atoms with Gasteiger partial charge in [-0.15, -0.1) is 6.58 Å². The third kappa shape index (κ3) is 5.07. The second-order valence-corrected chi connectivity index (χ2v) is 6.53. The molecule has 0 atom stereocenters. The molecule has 1 aliphatic heterocycles. The van der Waals surface area contributed by atoms with Gasteiger partial charge in [-0.1, -0.05) is 6.08 Å². The van der Waals surface area contributed by atoms with E-state index in [4.69, 9.17) is 0 Å². The molecule has 0 unspecified atom stereocenters. The maximum Gasteiger partial charge on any atom is 0.251 e. The zero-order chi connectivity index (χ0) is 15.8. The van der Waals surface area contributed by atoms with E-state index in [1.54, 1.807) is 11.8 Å². The van der Waals surface area contributed by atoms with E-state index in [0.717, 1.165) is 43.1 Å². The summed E-state index contributed by atoms with van der Waals surface area (Å²) in [4.78, 5) is 14.3. The van der Waals surface area contributed by atoms with Crippen LogP contribution in [0.4, 0.5) is 5.69 Å². The number of carbonyl (C=O) groups excluding carboxylic acids is 1. The van der Waals surface area contributed by atoms with Crippen LogP contribution in [0.25, 0.3) is 0 Å². The lowest BCUT2D eigenvalue weighted by Crippen LogP contribution is -2.35. The number of rotatable bonds is 7. The summed E-state index contributed by atoms with van der Waals surface area (Å²) >= 11 is 1.75. The molecular formula is C17H24N2O2S. The number of hydrogen-bond donors (Lipinski definition) is 2. The molecule has 0 aromatic heterocycles. The van der Waals surface area contributed by atoms with Gasteiger partial charge in [-0.25, -0.2) is 0 Å². The molecule has 1 aromatic rings. The summed E-state index contributed by atoms with van der Waals surface area (Å²) in [5, 5.41) is 12.5. The summed E-state index contributed by atoms with van der Waals surface area (Å²) in [5.74, 6) is 1.78. The molecular weight excluding hydrogens is 296 g/mol. The first-order chi connectivity index (χ1) is 10.7. The monoisotopic (exact) mass is 320 g/mol. The Hall–Kier alpha value is -1.46. The maximum atomic E-state index is 12.0. The van der Waals surface area contributed by atoms with E-state index in [9.17, 15) is 9.90 Å². The Morgan fingerprint density at radius 3 is 2.68 bits per heavy atom. The average Bonchev–Trinajstić information content (AvgIpc) is 2.55. The van der Waals surface area contributed by atoms with Crippen LogP contribution < -0.4 is 10.2 Å². The first kappa shape index (κ1) is 16.9. The molecule has 1 amide bonds. The van der Waals surface area contributed by atoms with Crippen molar-refractivity contribution in [2.24, 2.45) is 0 Å². The third-order valence-electron chi connectivity index (χ3n) is 3.73. The van der Waals surface area contributed by atoms with Crippen LogP contribution in [0, 0.1) is 0 Å². The predicted molar refractivity (Wildman–Crippen MR) is 93.8 cm³/mol. The minimum Gasteiger partial charge on any atom is -0.393 e. The molecule has 0 bridgehead atoms. The summed E-state index contributed by atoms with van der Waals surface area (Å²) in [6.07, 6.45) is 3.32. The van der Waals surface area contributed by atoms with E-state index in [-0.39, 0.29) is 12.0 Å². The lowest BCUT2D eigenvalue weighted by atomic mass is 10.1. The highest BCUT2D eigenvalue weighted by molar-refractivity contribution is 7.99. The van der Waals surface area contributed by atoms with Crippen molar-refractivity contribution in [3.8, 4) is 0 Å². The second-order valence-electron chi connectivity index (χ2n) is 5.38. The fourth-order valence-corrected chi connectivity index (χ4v) is 3.03. The molecule has 1 heterocycles. The molecule has 1 aromatic carbocycles. The Kier molecular flexibility index (Phi) is 6.80. The lowest BCUT2D eigenvalue weighted by Gasteiger charge is -2.31. The number of hydrogen-bond acceptors (Lipinski definition) is 4. The Bertz CT molecular complexity index is 482. The van der Waals surface area contributed by atoms with E-state index in [1.165, 1.54) is 0 Å². The van der Waals surface area contributed by atoms with E-state index in [1.807, 2.05) is 30.3 Å². The molecule has 0 spiro atoms. The zero-order valence-electron chi connectivity index (χ0n) is 12.8. The Morgan fingerprint density at radius 1 is 1.36 bits per heavy atom. The topological polar surface area (TPSA) is 52.6 Å². The molecule has 22 heavy (non-hydrogen) atoms. The number of nitrogens with one attached hydrogen (secondary N) is 1. The van der Waals surface area contributed by atoms with Crippen molar-refractivity contribution in [1.29, 1.82) is 0 Å². The van der Waals surface area contributed by atoms with Crippen molar-refractivity contribution in [2.75, 3.05) is 36.0 Å². The first-order valence-corrected chi connectivity index (χ1v) is 8.86. The van der Waals surface area contributed by atoms with Crippen LogP contribution in [0.5, 0.6) is 0 Å². The van der Waals surface area contributed by atoms with Crippen LogP contribution in [0.1, 0.15) is 23.2 Å². The van der Waals surface area contributed by atoms with Crippen LogP contribution in [0.2, 0.25) is 0 Å². The van der Waals surface area contributed by atoms with Gasteiger partial charge in [-0.2, -0.15) is 11.8 Å². The van der Waals surface area contributed by atoms with Crippen LogP contribution in [-0.2, 0) is 0 Å². The highest BCUT2D eigenvalue weighted by Crippen LogP contribution is 2.20. The maximum absolute atomic E-state index is 12.0. The number of nitrogens with zero attached hydrogens (tertiary/aromatic N) is 1. The van der Waals surface area contributed by atoms with Gasteiger partial charge in [-0.05, 0) is 37.1 Å². The molecule has 2 N–H and O–H groups in total. The van der Waals surface area contributed by atoms with Crippen molar-refractivity contribution in [2.45, 2.75) is 18.9 Å². The number of anilines is 1.